The molecule has 0 aromatic heterocycles. The van der Waals surface area contributed by atoms with Crippen molar-refractivity contribution in [1.82, 2.24) is 0 Å². The molecule has 0 aliphatic rings. The molecule has 1 unspecified atom stereocenters. The average Bonchev–Trinajstić information content (AvgIpc) is 2.43. The number of nitrogens with one attached hydrogen (secondary N) is 1. The van der Waals surface area contributed by atoms with E-state index in [1.165, 1.54) is 0 Å². The Morgan fingerprint density at radius 2 is 1.86 bits per heavy atom. The van der Waals surface area contributed by atoms with Crippen molar-refractivity contribution in [3.63, 3.8) is 0 Å². The van der Waals surface area contributed by atoms with Crippen LogP contribution in [-0.4, -0.2) is 5.91 Å². The lowest BCUT2D eigenvalue weighted by Crippen LogP contribution is -2.15. The van der Waals surface area contributed by atoms with Crippen molar-refractivity contribution in [2.75, 3.05) is 5.32 Å². The quantitative estimate of drug-likeness (QED) is 0.610. The van der Waals surface area contributed by atoms with Crippen LogP contribution >= 0.6 is 23.2 Å². The van der Waals surface area contributed by atoms with Crippen LogP contribution in [0.4, 0.5) is 14.5 Å². The molecule has 6 heteroatoms. The maximum atomic E-state index is 13.7. The second-order valence-corrected chi connectivity index (χ2v) is 5.47. The smallest absolute Gasteiger partial charge is 0.258 e. The summed E-state index contributed by atoms with van der Waals surface area (Å²) in [5.74, 6) is -2.52. The van der Waals surface area contributed by atoms with Crippen LogP contribution in [0.1, 0.15) is 28.2 Å². The molecule has 110 valence electrons. The number of hydrogen-bond acceptors (Lipinski definition) is 1. The summed E-state index contributed by atoms with van der Waals surface area (Å²) in [5.41, 5.74) is 0.705. The van der Waals surface area contributed by atoms with E-state index in [4.69, 9.17) is 23.2 Å². The van der Waals surface area contributed by atoms with E-state index in [1.807, 2.05) is 0 Å². The van der Waals surface area contributed by atoms with Crippen LogP contribution < -0.4 is 5.32 Å². The Morgan fingerprint density at radius 1 is 1.19 bits per heavy atom. The highest BCUT2D eigenvalue weighted by atomic mass is 35.5. The highest BCUT2D eigenvalue weighted by Gasteiger charge is 2.17. The molecule has 0 bridgehead atoms. The van der Waals surface area contributed by atoms with Crippen LogP contribution in [0.5, 0.6) is 0 Å². The molecule has 0 saturated heterocycles. The van der Waals surface area contributed by atoms with Gasteiger partial charge in [0.05, 0.1) is 16.0 Å². The molecule has 2 rings (SSSR count). The minimum Gasteiger partial charge on any atom is -0.322 e. The molecule has 0 heterocycles. The fourth-order valence-corrected chi connectivity index (χ4v) is 2.18. The zero-order chi connectivity index (χ0) is 15.6. The molecule has 0 aliphatic carbocycles. The summed E-state index contributed by atoms with van der Waals surface area (Å²) in [6, 6.07) is 8.38. The van der Waals surface area contributed by atoms with Gasteiger partial charge < -0.3 is 5.32 Å². The lowest BCUT2D eigenvalue weighted by atomic mass is 10.1. The van der Waals surface area contributed by atoms with Gasteiger partial charge in [0.1, 0.15) is 11.6 Å². The normalized spacial score (nSPS) is 12.0. The summed E-state index contributed by atoms with van der Waals surface area (Å²) in [7, 11) is 0. The molecule has 0 spiro atoms. The number of para-hydroxylation sites is 1. The van der Waals surface area contributed by atoms with Gasteiger partial charge in [-0.25, -0.2) is 8.78 Å². The average molecular weight is 330 g/mol. The number of amides is 1. The van der Waals surface area contributed by atoms with Crippen LogP contribution in [0.2, 0.25) is 5.02 Å². The number of benzene rings is 2. The topological polar surface area (TPSA) is 29.1 Å². The van der Waals surface area contributed by atoms with Gasteiger partial charge in [-0.1, -0.05) is 29.8 Å². The maximum absolute atomic E-state index is 13.7. The number of anilines is 1. The predicted molar refractivity (Wildman–Crippen MR) is 80.0 cm³/mol. The first kappa shape index (κ1) is 15.7. The van der Waals surface area contributed by atoms with E-state index in [1.54, 1.807) is 31.2 Å². The highest BCUT2D eigenvalue weighted by Crippen LogP contribution is 2.28. The fourth-order valence-electron chi connectivity index (χ4n) is 1.84. The summed E-state index contributed by atoms with van der Waals surface area (Å²) >= 11 is 11.5. The zero-order valence-corrected chi connectivity index (χ0v) is 12.5. The van der Waals surface area contributed by atoms with Crippen LogP contribution in [0.15, 0.2) is 36.4 Å². The van der Waals surface area contributed by atoms with Crippen LogP contribution in [-0.2, 0) is 0 Å². The second kappa shape index (κ2) is 6.41. The molecule has 2 aromatic rings. The van der Waals surface area contributed by atoms with Gasteiger partial charge in [0.25, 0.3) is 5.91 Å². The Balaban J connectivity index is 2.33. The van der Waals surface area contributed by atoms with Crippen molar-refractivity contribution in [3.05, 3.63) is 64.2 Å². The standard InChI is InChI=1S/C15H11Cl2F2NO/c1-8(16)9-4-2-3-5-14(9)20-15(21)10-6-13(19)11(17)7-12(10)18/h2-8H,1H3,(H,20,21). The van der Waals surface area contributed by atoms with Gasteiger partial charge in [-0.05, 0) is 30.7 Å². The molecule has 0 aliphatic heterocycles. The van der Waals surface area contributed by atoms with E-state index in [0.717, 1.165) is 12.1 Å². The van der Waals surface area contributed by atoms with Crippen molar-refractivity contribution >= 4 is 34.8 Å². The van der Waals surface area contributed by atoms with Crippen LogP contribution in [0, 0.1) is 11.6 Å². The number of rotatable bonds is 3. The van der Waals surface area contributed by atoms with Gasteiger partial charge in [-0.2, -0.15) is 0 Å². The molecular weight excluding hydrogens is 319 g/mol. The summed E-state index contributed by atoms with van der Waals surface area (Å²) in [6.07, 6.45) is 0. The Morgan fingerprint density at radius 3 is 2.52 bits per heavy atom. The van der Waals surface area contributed by atoms with Gasteiger partial charge >= 0.3 is 0 Å². The van der Waals surface area contributed by atoms with Crippen molar-refractivity contribution in [2.45, 2.75) is 12.3 Å². The Hall–Kier alpha value is -1.65. The fraction of sp³-hybridized carbons (Fsp3) is 0.133. The first-order valence-corrected chi connectivity index (χ1v) is 6.90. The molecule has 1 N–H and O–H groups in total. The Kier molecular flexibility index (Phi) is 4.80. The van der Waals surface area contributed by atoms with Crippen molar-refractivity contribution in [1.29, 1.82) is 0 Å². The number of hydrogen-bond donors (Lipinski definition) is 1. The molecule has 0 fully saturated rings. The lowest BCUT2D eigenvalue weighted by molar-refractivity contribution is 0.102. The van der Waals surface area contributed by atoms with Crippen molar-refractivity contribution < 1.29 is 13.6 Å². The summed E-state index contributed by atoms with van der Waals surface area (Å²) < 4.78 is 27.1. The molecule has 21 heavy (non-hydrogen) atoms. The highest BCUT2D eigenvalue weighted by molar-refractivity contribution is 6.30. The minimum absolute atomic E-state index is 0.340. The number of carbonyl (C=O) groups is 1. The monoisotopic (exact) mass is 329 g/mol. The Bertz CT molecular complexity index is 689. The summed E-state index contributed by atoms with van der Waals surface area (Å²) in [6.45, 7) is 1.75. The van der Waals surface area contributed by atoms with Crippen LogP contribution in [0.25, 0.3) is 0 Å². The third kappa shape index (κ3) is 3.52. The van der Waals surface area contributed by atoms with Gasteiger partial charge in [0.2, 0.25) is 0 Å². The molecule has 1 atom stereocenters. The molecular formula is C15H11Cl2F2NO. The first-order chi connectivity index (χ1) is 9.90. The largest absolute Gasteiger partial charge is 0.322 e. The molecule has 2 nitrogen and oxygen atoms in total. The van der Waals surface area contributed by atoms with E-state index >= 15 is 0 Å². The van der Waals surface area contributed by atoms with E-state index in [9.17, 15) is 13.6 Å². The summed E-state index contributed by atoms with van der Waals surface area (Å²) in [4.78, 5) is 12.1. The van der Waals surface area contributed by atoms with Gasteiger partial charge in [0.15, 0.2) is 0 Å². The number of halogens is 4. The van der Waals surface area contributed by atoms with Gasteiger partial charge in [0, 0.05) is 5.69 Å². The third-order valence-electron chi connectivity index (χ3n) is 2.89. The van der Waals surface area contributed by atoms with Crippen LogP contribution in [0.3, 0.4) is 0 Å². The van der Waals surface area contributed by atoms with Crippen molar-refractivity contribution in [3.8, 4) is 0 Å². The maximum Gasteiger partial charge on any atom is 0.258 e. The molecule has 0 saturated carbocycles. The number of alkyl halides is 1. The molecule has 0 radical (unpaired) electrons. The summed E-state index contributed by atoms with van der Waals surface area (Å²) in [5, 5.41) is 1.81. The van der Waals surface area contributed by atoms with E-state index in [-0.39, 0.29) is 10.4 Å². The third-order valence-corrected chi connectivity index (χ3v) is 3.42. The lowest BCUT2D eigenvalue weighted by Gasteiger charge is -2.13. The number of carbonyl (C=O) groups excluding carboxylic acids is 1. The van der Waals surface area contributed by atoms with E-state index < -0.39 is 23.1 Å². The minimum atomic E-state index is -0.893. The first-order valence-electron chi connectivity index (χ1n) is 6.09. The van der Waals surface area contributed by atoms with Gasteiger partial charge in [-0.3, -0.25) is 4.79 Å². The second-order valence-electron chi connectivity index (χ2n) is 4.40. The zero-order valence-electron chi connectivity index (χ0n) is 11.0. The van der Waals surface area contributed by atoms with E-state index in [0.29, 0.717) is 11.3 Å². The molecule has 1 amide bonds. The Labute approximate surface area is 130 Å². The van der Waals surface area contributed by atoms with E-state index in [2.05, 4.69) is 5.32 Å². The van der Waals surface area contributed by atoms with Crippen molar-refractivity contribution in [2.24, 2.45) is 0 Å². The van der Waals surface area contributed by atoms with Gasteiger partial charge in [-0.15, -0.1) is 11.6 Å². The SMILES string of the molecule is CC(Cl)c1ccccc1NC(=O)c1cc(F)c(Cl)cc1F. The predicted octanol–water partition coefficient (Wildman–Crippen LogP) is 5.17. The molecule has 2 aromatic carbocycles.